The van der Waals surface area contributed by atoms with Gasteiger partial charge < -0.3 is 15.3 Å². The van der Waals surface area contributed by atoms with Crippen LogP contribution in [0, 0.1) is 6.92 Å². The van der Waals surface area contributed by atoms with E-state index in [0.717, 1.165) is 100 Å². The number of benzene rings is 1. The van der Waals surface area contributed by atoms with E-state index in [9.17, 15) is 14.7 Å². The average Bonchev–Trinajstić information content (AvgIpc) is 2.33. The molecule has 0 atom stereocenters. The summed E-state index contributed by atoms with van der Waals surface area (Å²) in [5, 5.41) is 26.5. The zero-order valence-corrected chi connectivity index (χ0v) is 20.1. The molecule has 0 fully saturated rings. The molecule has 1 aromatic carbocycles. The summed E-state index contributed by atoms with van der Waals surface area (Å²) in [6.07, 6.45) is 0. The fourth-order valence-corrected chi connectivity index (χ4v) is 1.09. The van der Waals surface area contributed by atoms with Crippen molar-refractivity contribution in [2.45, 2.75) is 6.92 Å². The number of aryl methyl sites for hydroxylation is 1. The van der Waals surface area contributed by atoms with Crippen LogP contribution in [-0.4, -0.2) is 174 Å². The molecule has 0 saturated heterocycles. The fourth-order valence-electron chi connectivity index (χ4n) is 1.09. The van der Waals surface area contributed by atoms with Gasteiger partial charge in [-0.1, -0.05) is 0 Å². The van der Waals surface area contributed by atoms with E-state index in [1.54, 1.807) is 0 Å². The van der Waals surface area contributed by atoms with Crippen molar-refractivity contribution < 1.29 is 24.9 Å². The zero-order chi connectivity index (χ0) is 14.9. The minimum absolute atomic E-state index is 0. The van der Waals surface area contributed by atoms with Gasteiger partial charge in [-0.05, 0) is 24.6 Å². The first kappa shape index (κ1) is 32.1. The molecule has 1 rings (SSSR count). The van der Waals surface area contributed by atoms with Crippen molar-refractivity contribution in [3.05, 3.63) is 28.8 Å². The first-order valence-electron chi connectivity index (χ1n) is 4.49. The Hall–Kier alpha value is 4.44. The third kappa shape index (κ3) is 12.8. The molecule has 0 bridgehead atoms. The van der Waals surface area contributed by atoms with Crippen LogP contribution in [0.15, 0.2) is 12.1 Å². The molecule has 0 radical (unpaired) electrons. The first-order chi connectivity index (χ1) is 8.43. The van der Waals surface area contributed by atoms with Crippen LogP contribution in [0.25, 0.3) is 0 Å². The Bertz CT molecular complexity index is 402. The number of aromatic hydroxyl groups is 1. The first-order valence-corrected chi connectivity index (χ1v) is 22.3. The average molecular weight is 529 g/mol. The van der Waals surface area contributed by atoms with Gasteiger partial charge in [0.05, 0.1) is 5.56 Å². The van der Waals surface area contributed by atoms with Crippen molar-refractivity contribution in [1.29, 1.82) is 0 Å². The van der Waals surface area contributed by atoms with Crippen LogP contribution in [-0.2, 0) is 0 Å². The van der Waals surface area contributed by atoms with Crippen LogP contribution in [0.5, 0.6) is 5.75 Å². The van der Waals surface area contributed by atoms with Crippen LogP contribution in [0.3, 0.4) is 0 Å². The Morgan fingerprint density at radius 3 is 1.70 bits per heavy atom. The second-order valence-corrected chi connectivity index (χ2v) is 2.79. The molecule has 3 N–H and O–H groups in total. The standard InChI is InChI=1S/C9H8O5.BrH.HI.2K.2Na.2H/c1-4-2-7(10)6(9(13)14)3-5(4)8(11)12;;;;;;;;/h2-3,10H,1H3,(H,11,12)(H,13,14);2*1H;;;;;;/q;;;2*+1;;;;/p-2. The quantitative estimate of drug-likeness (QED) is 0.389. The summed E-state index contributed by atoms with van der Waals surface area (Å²) >= 11 is 4.24. The summed E-state index contributed by atoms with van der Waals surface area (Å²) < 4.78 is 0. The van der Waals surface area contributed by atoms with E-state index in [2.05, 4.69) is 17.9 Å². The number of hydrogen-bond donors (Lipinski definition) is 3. The Morgan fingerprint density at radius 1 is 1.05 bits per heavy atom. The van der Waals surface area contributed by atoms with Crippen molar-refractivity contribution in [3.63, 3.8) is 0 Å². The molecule has 0 aliphatic carbocycles. The minimum atomic E-state index is -1.36. The molecule has 0 amide bonds. The molecule has 0 aliphatic heterocycles. The van der Waals surface area contributed by atoms with Crippen LogP contribution < -0.4 is 0 Å². The molecule has 0 spiro atoms. The summed E-state index contributed by atoms with van der Waals surface area (Å²) in [5.74, 6) is -3.00. The summed E-state index contributed by atoms with van der Waals surface area (Å²) in [5.41, 5.74) is -0.215. The Morgan fingerprint density at radius 2 is 1.40 bits per heavy atom. The monoisotopic (exact) mass is 528 g/mol. The third-order valence-electron chi connectivity index (χ3n) is 1.80. The summed E-state index contributed by atoms with van der Waals surface area (Å²) in [4.78, 5) is 21.2. The van der Waals surface area contributed by atoms with E-state index in [0.29, 0.717) is 5.56 Å². The van der Waals surface area contributed by atoms with Gasteiger partial charge in [0.2, 0.25) is 0 Å². The summed E-state index contributed by atoms with van der Waals surface area (Å²) in [6.45, 7) is 4.61. The predicted octanol–water partition coefficient (Wildman–Crippen LogP) is 0.770. The van der Waals surface area contributed by atoms with Crippen molar-refractivity contribution in [2.75, 3.05) is 0 Å². The van der Waals surface area contributed by atoms with Crippen molar-refractivity contribution in [1.82, 2.24) is 0 Å². The number of carboxylic acid groups (broad SMARTS) is 2. The fraction of sp³-hybridized carbons (Fsp3) is 0.111. The number of carboxylic acids is 2. The second kappa shape index (κ2) is 19.8. The molecule has 0 heterocycles. The topological polar surface area (TPSA) is 94.8 Å². The maximum atomic E-state index is 10.6. The van der Waals surface area contributed by atoms with Gasteiger partial charge in [0, 0.05) is 0 Å². The molecule has 0 saturated carbocycles. The molecule has 5 nitrogen and oxygen atoms in total. The van der Waals surface area contributed by atoms with Gasteiger partial charge in [0.15, 0.2) is 0 Å². The maximum absolute atomic E-state index is 10.6. The van der Waals surface area contributed by atoms with Crippen LogP contribution in [0.1, 0.15) is 26.3 Å². The zero-order valence-electron chi connectivity index (χ0n) is 10.1. The van der Waals surface area contributed by atoms with E-state index in [4.69, 9.17) is 10.2 Å². The number of aromatic carboxylic acids is 2. The number of halogens is 2. The van der Waals surface area contributed by atoms with Crippen LogP contribution >= 0.6 is 17.9 Å². The molecule has 0 unspecified atom stereocenters. The number of phenols is 1. The molecule has 1 aromatic rings. The van der Waals surface area contributed by atoms with Gasteiger partial charge in [-0.25, -0.2) is 9.59 Å². The summed E-state index contributed by atoms with van der Waals surface area (Å²) in [6, 6.07) is 2.06. The second-order valence-electron chi connectivity index (χ2n) is 2.79. The van der Waals surface area contributed by atoms with E-state index in [1.165, 1.54) is 6.92 Å². The van der Waals surface area contributed by atoms with E-state index in [-0.39, 0.29) is 64.7 Å². The van der Waals surface area contributed by atoms with Gasteiger partial charge in [0.1, 0.15) is 11.3 Å². The number of carbonyl (C=O) groups is 2. The van der Waals surface area contributed by atoms with Crippen molar-refractivity contribution in [2.24, 2.45) is 0 Å². The van der Waals surface area contributed by atoms with E-state index >= 15 is 0 Å². The molecule has 94 valence electrons. The molecule has 20 heavy (non-hydrogen) atoms. The van der Waals surface area contributed by atoms with Crippen molar-refractivity contribution in [3.8, 4) is 5.75 Å². The Balaban J connectivity index is -0.000000196. The van der Waals surface area contributed by atoms with Crippen LogP contribution in [0.4, 0.5) is 0 Å². The number of hydrogen-bond acceptors (Lipinski definition) is 3. The van der Waals surface area contributed by atoms with Gasteiger partial charge in [-0.2, -0.15) is 0 Å². The Kier molecular flexibility index (Phi) is 31.8. The SMILES string of the molecule is Cc1cc(O)c(C(=O)O)cc1C(=O)O.[K][Br].[K][I].[NaH].[NaH]. The molecular weight excluding hydrogens is 519 g/mol. The third-order valence-corrected chi connectivity index (χ3v) is 1.80. The van der Waals surface area contributed by atoms with Crippen molar-refractivity contribution >= 4 is 177 Å². The van der Waals surface area contributed by atoms with E-state index in [1.807, 2.05) is 0 Å². The molecule has 0 aromatic heterocycles. The molecule has 0 aliphatic rings. The van der Waals surface area contributed by atoms with Gasteiger partial charge in [-0.15, -0.1) is 0 Å². The van der Waals surface area contributed by atoms with Gasteiger partial charge in [0.25, 0.3) is 0 Å². The van der Waals surface area contributed by atoms with E-state index < -0.39 is 23.3 Å². The van der Waals surface area contributed by atoms with Crippen LogP contribution in [0.2, 0.25) is 0 Å². The Labute approximate surface area is 236 Å². The summed E-state index contributed by atoms with van der Waals surface area (Å²) in [7, 11) is 0. The normalized spacial score (nSPS) is 7.55. The molecule has 11 heteroatoms. The van der Waals surface area contributed by atoms with Gasteiger partial charge in [-0.3, -0.25) is 0 Å². The van der Waals surface area contributed by atoms with Gasteiger partial charge >= 0.3 is 177 Å². The number of rotatable bonds is 2. The predicted molar refractivity (Wildman–Crippen MR) is 95.5 cm³/mol. The molecular formula is C9H10BrIK2Na2O5.